The van der Waals surface area contributed by atoms with Crippen LogP contribution in [-0.2, 0) is 0 Å². The van der Waals surface area contributed by atoms with E-state index in [0.29, 0.717) is 0 Å². The van der Waals surface area contributed by atoms with Crippen LogP contribution in [0.2, 0.25) is 6.32 Å². The molecule has 1 rings (SSSR count). The maximum Gasteiger partial charge on any atom is 0.164 e. The third-order valence-corrected chi connectivity index (χ3v) is 3.40. The van der Waals surface area contributed by atoms with Gasteiger partial charge in [0.25, 0.3) is 0 Å². The van der Waals surface area contributed by atoms with Gasteiger partial charge in [0.05, 0.1) is 0 Å². The molecule has 0 spiro atoms. The van der Waals surface area contributed by atoms with Crippen molar-refractivity contribution in [1.82, 2.24) is 0 Å². The highest BCUT2D eigenvalue weighted by molar-refractivity contribution is 14.1. The van der Waals surface area contributed by atoms with Gasteiger partial charge in [0, 0.05) is 0 Å². The molecule has 1 atom stereocenters. The van der Waals surface area contributed by atoms with Gasteiger partial charge in [0.2, 0.25) is 0 Å². The molecule has 0 saturated carbocycles. The Bertz CT molecular complexity index is 136. The molecule has 0 fully saturated rings. The second-order valence-electron chi connectivity index (χ2n) is 3.68. The van der Waals surface area contributed by atoms with E-state index < -0.39 is 0 Å². The van der Waals surface area contributed by atoms with Crippen LogP contribution in [0, 0.1) is 5.92 Å². The number of halogens is 1. The van der Waals surface area contributed by atoms with E-state index in [1.165, 1.54) is 50.6 Å². The Balaban J connectivity index is 2.18. The van der Waals surface area contributed by atoms with Gasteiger partial charge in [-0.2, -0.15) is 22.4 Å². The van der Waals surface area contributed by atoms with Crippen molar-refractivity contribution in [3.8, 4) is 0 Å². The van der Waals surface area contributed by atoms with E-state index in [-0.39, 0.29) is 0 Å². The van der Waals surface area contributed by atoms with Crippen LogP contribution in [0.4, 0.5) is 0 Å². The molecular formula is C9H17B2I. The molecule has 66 valence electrons. The van der Waals surface area contributed by atoms with Gasteiger partial charge in [0.1, 0.15) is 7.17 Å². The minimum atomic E-state index is 1.03. The van der Waals surface area contributed by atoms with Crippen molar-refractivity contribution in [1.29, 1.82) is 0 Å². The third kappa shape index (κ3) is 4.58. The van der Waals surface area contributed by atoms with Gasteiger partial charge in [0.15, 0.2) is 5.03 Å². The summed E-state index contributed by atoms with van der Waals surface area (Å²) >= 11 is 2.49. The molecule has 3 heteroatoms. The molecule has 0 radical (unpaired) electrons. The zero-order valence-corrected chi connectivity index (χ0v) is 9.92. The zero-order valence-electron chi connectivity index (χ0n) is 7.77. The minimum absolute atomic E-state index is 1.03. The van der Waals surface area contributed by atoms with Gasteiger partial charge in [-0.05, 0) is 31.6 Å². The first-order chi connectivity index (χ1) is 5.93. The number of hydrogen-bond donors (Lipinski definition) is 0. The molecule has 1 aliphatic rings. The summed E-state index contributed by atoms with van der Waals surface area (Å²) in [6.07, 6.45) is 13.2. The first-order valence-electron chi connectivity index (χ1n) is 5.14. The van der Waals surface area contributed by atoms with Gasteiger partial charge in [-0.25, -0.2) is 0 Å². The predicted molar refractivity (Wildman–Crippen MR) is 68.8 cm³/mol. The lowest BCUT2D eigenvalue weighted by Gasteiger charge is -2.16. The Morgan fingerprint density at radius 2 is 2.08 bits per heavy atom. The Morgan fingerprint density at radius 1 is 1.25 bits per heavy atom. The van der Waals surface area contributed by atoms with E-state index in [1.807, 2.05) is 0 Å². The molecule has 0 N–H and O–H groups in total. The largest absolute Gasteiger partial charge is 0.166 e. The van der Waals surface area contributed by atoms with Gasteiger partial charge in [-0.15, -0.1) is 0 Å². The molecule has 0 aromatic heterocycles. The number of rotatable bonds is 3. The first kappa shape index (κ1) is 10.7. The fraction of sp³-hybridized carbons (Fsp3) is 0.778. The van der Waals surface area contributed by atoms with Crippen molar-refractivity contribution >= 4 is 34.6 Å². The molecule has 1 aliphatic carbocycles. The van der Waals surface area contributed by atoms with E-state index in [1.54, 1.807) is 0 Å². The van der Waals surface area contributed by atoms with Crippen LogP contribution in [0.25, 0.3) is 0 Å². The normalized spacial score (nSPS) is 26.9. The van der Waals surface area contributed by atoms with Gasteiger partial charge in [-0.3, -0.25) is 0 Å². The summed E-state index contributed by atoms with van der Waals surface area (Å²) in [6.45, 7) is 0. The SMILES string of the molecule is IBBCC1CC/C=C/CCC1. The van der Waals surface area contributed by atoms with E-state index >= 15 is 0 Å². The molecule has 0 saturated heterocycles. The predicted octanol–water partition coefficient (Wildman–Crippen LogP) is 2.68. The Labute approximate surface area is 90.9 Å². The van der Waals surface area contributed by atoms with E-state index in [2.05, 4.69) is 34.5 Å². The summed E-state index contributed by atoms with van der Waals surface area (Å²) < 4.78 is 0. The summed E-state index contributed by atoms with van der Waals surface area (Å²) in [7, 11) is 1.43. The fourth-order valence-corrected chi connectivity index (χ4v) is 2.33. The van der Waals surface area contributed by atoms with E-state index in [0.717, 1.165) is 5.92 Å². The molecule has 0 heterocycles. The van der Waals surface area contributed by atoms with Crippen molar-refractivity contribution in [2.45, 2.75) is 38.4 Å². The topological polar surface area (TPSA) is 0 Å². The van der Waals surface area contributed by atoms with Crippen molar-refractivity contribution in [2.75, 3.05) is 0 Å². The second-order valence-corrected chi connectivity index (χ2v) is 4.76. The standard InChI is InChI=1S/C9H17B2I/c12-11-10-8-9-6-4-2-1-3-5-7-9/h1-2,9-11H,3-8H2/b2-1+. The highest BCUT2D eigenvalue weighted by Crippen LogP contribution is 2.21. The zero-order chi connectivity index (χ0) is 8.65. The molecular weight excluding hydrogens is 257 g/mol. The fourth-order valence-electron chi connectivity index (χ4n) is 1.89. The van der Waals surface area contributed by atoms with Crippen LogP contribution >= 0.6 is 22.4 Å². The summed E-state index contributed by atoms with van der Waals surface area (Å²) in [5, 5.41) is 1.34. The lowest BCUT2D eigenvalue weighted by Crippen LogP contribution is -2.07. The van der Waals surface area contributed by atoms with Crippen LogP contribution in [-0.4, -0.2) is 12.2 Å². The molecule has 0 aliphatic heterocycles. The van der Waals surface area contributed by atoms with Crippen molar-refractivity contribution < 1.29 is 0 Å². The molecule has 12 heavy (non-hydrogen) atoms. The van der Waals surface area contributed by atoms with E-state index in [4.69, 9.17) is 0 Å². The number of allylic oxidation sites excluding steroid dienone is 2. The average Bonchev–Trinajstić information content (AvgIpc) is 2.02. The average molecular weight is 274 g/mol. The third-order valence-electron chi connectivity index (χ3n) is 2.64. The molecule has 0 nitrogen and oxygen atoms in total. The van der Waals surface area contributed by atoms with Gasteiger partial charge in [-0.1, -0.05) is 24.9 Å². The number of hydrogen-bond acceptors (Lipinski definition) is 0. The second kappa shape index (κ2) is 7.05. The van der Waals surface area contributed by atoms with Crippen molar-refractivity contribution in [3.05, 3.63) is 12.2 Å². The summed E-state index contributed by atoms with van der Waals surface area (Å²) in [6, 6.07) is 0. The minimum Gasteiger partial charge on any atom is -0.166 e. The van der Waals surface area contributed by atoms with Crippen molar-refractivity contribution in [2.24, 2.45) is 5.92 Å². The quantitative estimate of drug-likeness (QED) is 0.421. The van der Waals surface area contributed by atoms with Crippen LogP contribution < -0.4 is 0 Å². The van der Waals surface area contributed by atoms with Crippen molar-refractivity contribution in [3.63, 3.8) is 0 Å². The monoisotopic (exact) mass is 274 g/mol. The molecule has 0 amide bonds. The van der Waals surface area contributed by atoms with Gasteiger partial charge < -0.3 is 0 Å². The highest BCUT2D eigenvalue weighted by atomic mass is 127. The molecule has 1 unspecified atom stereocenters. The Morgan fingerprint density at radius 3 is 2.92 bits per heavy atom. The molecule has 0 aromatic carbocycles. The summed E-state index contributed by atoms with van der Waals surface area (Å²) in [5.41, 5.74) is 0. The molecule has 0 bridgehead atoms. The smallest absolute Gasteiger partial charge is 0.164 e. The highest BCUT2D eigenvalue weighted by Gasteiger charge is 2.08. The Hall–Kier alpha value is 0.600. The van der Waals surface area contributed by atoms with E-state index in [9.17, 15) is 0 Å². The molecule has 0 aromatic rings. The first-order valence-corrected chi connectivity index (χ1v) is 6.67. The summed E-state index contributed by atoms with van der Waals surface area (Å²) in [4.78, 5) is 0. The van der Waals surface area contributed by atoms with Crippen LogP contribution in [0.5, 0.6) is 0 Å². The lowest BCUT2D eigenvalue weighted by atomic mass is 9.50. The lowest BCUT2D eigenvalue weighted by molar-refractivity contribution is 0.473. The Kier molecular flexibility index (Phi) is 6.27. The van der Waals surface area contributed by atoms with Crippen LogP contribution in [0.1, 0.15) is 32.1 Å². The summed E-state index contributed by atoms with van der Waals surface area (Å²) in [5.74, 6) is 1.03. The van der Waals surface area contributed by atoms with Crippen LogP contribution in [0.15, 0.2) is 12.2 Å². The van der Waals surface area contributed by atoms with Crippen LogP contribution in [0.3, 0.4) is 0 Å². The maximum absolute atomic E-state index is 2.49. The maximum atomic E-state index is 2.49. The van der Waals surface area contributed by atoms with Gasteiger partial charge >= 0.3 is 0 Å².